The number of carbonyl (C=O) groups excluding carboxylic acids is 1. The molecule has 4 rings (SSSR count). The van der Waals surface area contributed by atoms with Gasteiger partial charge >= 0.3 is 0 Å². The summed E-state index contributed by atoms with van der Waals surface area (Å²) in [5.74, 6) is 1.17. The van der Waals surface area contributed by atoms with E-state index in [0.29, 0.717) is 24.5 Å². The molecule has 4 aliphatic carbocycles. The van der Waals surface area contributed by atoms with Crippen LogP contribution in [0, 0.1) is 17.3 Å². The van der Waals surface area contributed by atoms with Crippen LogP contribution in [0.2, 0.25) is 0 Å². The van der Waals surface area contributed by atoms with Crippen molar-refractivity contribution in [2.24, 2.45) is 23.0 Å². The highest BCUT2D eigenvalue weighted by Gasteiger charge is 2.51. The highest BCUT2D eigenvalue weighted by Crippen LogP contribution is 2.59. The van der Waals surface area contributed by atoms with Gasteiger partial charge in [0.15, 0.2) is 0 Å². The smallest absolute Gasteiger partial charge is 0.237 e. The van der Waals surface area contributed by atoms with Gasteiger partial charge in [-0.05, 0) is 48.5 Å². The standard InChI is InChI=1S/C19H32N2O3/c1-18(2)14-6-5-13(16(18)9-14)11-24-12-15(22)10-21-19(17(20)23)7-3-4-8-19/h5,14-16,21-22H,3-4,6-12H2,1-2H3,(H2,20,23). The summed E-state index contributed by atoms with van der Waals surface area (Å²) in [6, 6.07) is 0. The number of rotatable bonds is 8. The molecule has 5 heteroatoms. The molecule has 1 amide bonds. The summed E-state index contributed by atoms with van der Waals surface area (Å²) in [4.78, 5) is 11.7. The Hall–Kier alpha value is -0.910. The van der Waals surface area contributed by atoms with Gasteiger partial charge in [-0.25, -0.2) is 0 Å². The minimum absolute atomic E-state index is 0.287. The lowest BCUT2D eigenvalue weighted by Gasteiger charge is -2.56. The largest absolute Gasteiger partial charge is 0.389 e. The molecule has 2 fully saturated rings. The summed E-state index contributed by atoms with van der Waals surface area (Å²) in [6.45, 7) is 5.94. The van der Waals surface area contributed by atoms with Crippen molar-refractivity contribution < 1.29 is 14.6 Å². The normalized spacial score (nSPS) is 31.2. The van der Waals surface area contributed by atoms with E-state index in [9.17, 15) is 9.90 Å². The second-order valence-corrected chi connectivity index (χ2v) is 8.52. The minimum Gasteiger partial charge on any atom is -0.389 e. The van der Waals surface area contributed by atoms with Crippen molar-refractivity contribution in [1.82, 2.24) is 5.32 Å². The Morgan fingerprint density at radius 1 is 1.46 bits per heavy atom. The molecule has 4 N–H and O–H groups in total. The first-order valence-corrected chi connectivity index (χ1v) is 9.35. The molecule has 3 atom stereocenters. The number of nitrogens with one attached hydrogen (secondary N) is 1. The Morgan fingerprint density at radius 3 is 2.75 bits per heavy atom. The predicted molar refractivity (Wildman–Crippen MR) is 93.3 cm³/mol. The fourth-order valence-electron chi connectivity index (χ4n) is 4.81. The number of aliphatic hydroxyl groups is 1. The first kappa shape index (κ1) is 17.9. The van der Waals surface area contributed by atoms with Crippen LogP contribution >= 0.6 is 0 Å². The molecule has 0 aromatic rings. The highest BCUT2D eigenvalue weighted by molar-refractivity contribution is 5.85. The van der Waals surface area contributed by atoms with Crippen molar-refractivity contribution in [2.45, 2.75) is 64.0 Å². The molecule has 0 radical (unpaired) electrons. The van der Waals surface area contributed by atoms with Crippen LogP contribution in [0.3, 0.4) is 0 Å². The van der Waals surface area contributed by atoms with Crippen LogP contribution in [0.25, 0.3) is 0 Å². The second kappa shape index (κ2) is 6.77. The lowest BCUT2D eigenvalue weighted by Crippen LogP contribution is -2.55. The second-order valence-electron chi connectivity index (χ2n) is 8.52. The molecule has 0 saturated heterocycles. The number of ether oxygens (including phenoxy) is 1. The lowest BCUT2D eigenvalue weighted by molar-refractivity contribution is -0.124. The van der Waals surface area contributed by atoms with E-state index in [1.54, 1.807) is 0 Å². The Labute approximate surface area is 145 Å². The zero-order chi connectivity index (χ0) is 17.4. The third-order valence-electron chi connectivity index (χ3n) is 6.77. The quantitative estimate of drug-likeness (QED) is 0.590. The summed E-state index contributed by atoms with van der Waals surface area (Å²) in [5, 5.41) is 13.3. The summed E-state index contributed by atoms with van der Waals surface area (Å²) < 4.78 is 5.76. The zero-order valence-corrected chi connectivity index (χ0v) is 15.0. The number of hydrogen-bond donors (Lipinski definition) is 3. The van der Waals surface area contributed by atoms with E-state index in [1.807, 2.05) is 0 Å². The first-order chi connectivity index (χ1) is 11.3. The Kier molecular flexibility index (Phi) is 5.05. The predicted octanol–water partition coefficient (Wildman–Crippen LogP) is 1.74. The van der Waals surface area contributed by atoms with Gasteiger partial charge in [0.05, 0.1) is 24.9 Å². The number of hydrogen-bond acceptors (Lipinski definition) is 4. The van der Waals surface area contributed by atoms with Crippen molar-refractivity contribution >= 4 is 5.91 Å². The summed E-state index contributed by atoms with van der Waals surface area (Å²) in [7, 11) is 0. The van der Waals surface area contributed by atoms with Crippen LogP contribution in [0.5, 0.6) is 0 Å². The average molecular weight is 336 g/mol. The Balaban J connectivity index is 1.39. The fraction of sp³-hybridized carbons (Fsp3) is 0.842. The van der Waals surface area contributed by atoms with Gasteiger partial charge in [0.2, 0.25) is 5.91 Å². The molecule has 2 saturated carbocycles. The number of β-amino-alcohol motifs (C(OH)–C–C–N with tert-alkyl or cyclic N) is 1. The molecule has 0 aromatic carbocycles. The van der Waals surface area contributed by atoms with Crippen molar-refractivity contribution in [1.29, 1.82) is 0 Å². The van der Waals surface area contributed by atoms with Crippen LogP contribution in [0.4, 0.5) is 0 Å². The molecular weight excluding hydrogens is 304 g/mol. The van der Waals surface area contributed by atoms with E-state index >= 15 is 0 Å². The topological polar surface area (TPSA) is 84.6 Å². The molecule has 0 heterocycles. The summed E-state index contributed by atoms with van der Waals surface area (Å²) >= 11 is 0. The Morgan fingerprint density at radius 2 is 2.17 bits per heavy atom. The van der Waals surface area contributed by atoms with Gasteiger partial charge in [-0.2, -0.15) is 0 Å². The summed E-state index contributed by atoms with van der Waals surface area (Å²) in [6.07, 6.45) is 7.70. The number of fused-ring (bicyclic) bond motifs is 1. The maximum atomic E-state index is 11.7. The van der Waals surface area contributed by atoms with E-state index in [0.717, 1.165) is 38.0 Å². The molecule has 0 spiro atoms. The Bertz CT molecular complexity index is 509. The van der Waals surface area contributed by atoms with E-state index in [-0.39, 0.29) is 12.5 Å². The monoisotopic (exact) mass is 336 g/mol. The maximum Gasteiger partial charge on any atom is 0.237 e. The molecule has 24 heavy (non-hydrogen) atoms. The average Bonchev–Trinajstić information content (AvgIpc) is 3.03. The summed E-state index contributed by atoms with van der Waals surface area (Å²) in [5.41, 5.74) is 6.71. The van der Waals surface area contributed by atoms with Crippen molar-refractivity contribution in [3.05, 3.63) is 11.6 Å². The molecule has 2 bridgehead atoms. The molecule has 0 aromatic heterocycles. The van der Waals surface area contributed by atoms with Gasteiger partial charge < -0.3 is 20.9 Å². The number of nitrogens with two attached hydrogens (primary N) is 1. The van der Waals surface area contributed by atoms with Gasteiger partial charge in [-0.3, -0.25) is 4.79 Å². The molecule has 3 unspecified atom stereocenters. The third-order valence-corrected chi connectivity index (χ3v) is 6.77. The molecular formula is C19H32N2O3. The highest BCUT2D eigenvalue weighted by atomic mass is 16.5. The van der Waals surface area contributed by atoms with Gasteiger partial charge in [-0.1, -0.05) is 32.8 Å². The third kappa shape index (κ3) is 3.26. The van der Waals surface area contributed by atoms with E-state index in [2.05, 4.69) is 25.2 Å². The van der Waals surface area contributed by atoms with Gasteiger partial charge in [0, 0.05) is 6.54 Å². The fourth-order valence-corrected chi connectivity index (χ4v) is 4.81. The van der Waals surface area contributed by atoms with Crippen LogP contribution in [-0.2, 0) is 9.53 Å². The number of amides is 1. The molecule has 4 aliphatic rings. The maximum absolute atomic E-state index is 11.7. The van der Waals surface area contributed by atoms with Crippen molar-refractivity contribution in [3.63, 3.8) is 0 Å². The molecule has 136 valence electrons. The van der Waals surface area contributed by atoms with Gasteiger partial charge in [0.1, 0.15) is 0 Å². The van der Waals surface area contributed by atoms with Crippen LogP contribution < -0.4 is 11.1 Å². The van der Waals surface area contributed by atoms with Crippen molar-refractivity contribution in [2.75, 3.05) is 19.8 Å². The van der Waals surface area contributed by atoms with Crippen LogP contribution in [0.15, 0.2) is 11.6 Å². The van der Waals surface area contributed by atoms with Gasteiger partial charge in [-0.15, -0.1) is 0 Å². The number of aliphatic hydroxyl groups excluding tert-OH is 1. The van der Waals surface area contributed by atoms with E-state index < -0.39 is 11.6 Å². The zero-order valence-electron chi connectivity index (χ0n) is 15.0. The van der Waals surface area contributed by atoms with Crippen molar-refractivity contribution in [3.8, 4) is 0 Å². The van der Waals surface area contributed by atoms with E-state index in [4.69, 9.17) is 10.5 Å². The van der Waals surface area contributed by atoms with Gasteiger partial charge in [0.25, 0.3) is 0 Å². The lowest BCUT2D eigenvalue weighted by atomic mass is 9.49. The van der Waals surface area contributed by atoms with Crippen LogP contribution in [0.1, 0.15) is 52.4 Å². The first-order valence-electron chi connectivity index (χ1n) is 9.35. The van der Waals surface area contributed by atoms with E-state index in [1.165, 1.54) is 12.0 Å². The van der Waals surface area contributed by atoms with Crippen LogP contribution in [-0.4, -0.2) is 42.4 Å². The molecule has 5 nitrogen and oxygen atoms in total. The molecule has 0 aliphatic heterocycles. The number of carbonyl (C=O) groups is 1. The minimum atomic E-state index is -0.627. The SMILES string of the molecule is CC1(C)C2CC=C(COCC(O)CNC3(C(N)=O)CCCC3)C1C2. The number of primary amides is 1. The number of allylic oxidation sites excluding steroid dienone is 1.